The van der Waals surface area contributed by atoms with Gasteiger partial charge in [-0.2, -0.15) is 5.10 Å². The van der Waals surface area contributed by atoms with Crippen LogP contribution in [0, 0.1) is 6.92 Å². The summed E-state index contributed by atoms with van der Waals surface area (Å²) in [4.78, 5) is 3.90. The fourth-order valence-electron chi connectivity index (χ4n) is 0.898. The van der Waals surface area contributed by atoms with Gasteiger partial charge in [-0.05, 0) is 18.6 Å². The van der Waals surface area contributed by atoms with Crippen molar-refractivity contribution in [2.24, 2.45) is 0 Å². The molecule has 2 aromatic rings. The molecule has 49 valence electrons. The van der Waals surface area contributed by atoms with E-state index in [-0.39, 0.29) is 0 Å². The summed E-state index contributed by atoms with van der Waals surface area (Å²) in [6.07, 6.45) is 5.10. The average Bonchev–Trinajstić information content (AvgIpc) is 2.34. The Hall–Kier alpha value is -1.38. The van der Waals surface area contributed by atoms with Crippen molar-refractivity contribution < 1.29 is 0 Å². The van der Waals surface area contributed by atoms with Crippen LogP contribution in [0.5, 0.6) is 0 Å². The summed E-state index contributed by atoms with van der Waals surface area (Å²) in [7, 11) is 0. The van der Waals surface area contributed by atoms with Crippen LogP contribution in [0.2, 0.25) is 0 Å². The maximum atomic E-state index is 4.01. The quantitative estimate of drug-likeness (QED) is 0.533. The molecular weight excluding hydrogens is 126 g/mol. The fourth-order valence-corrected chi connectivity index (χ4v) is 0.898. The minimum Gasteiger partial charge on any atom is -0.245 e. The van der Waals surface area contributed by atoms with E-state index in [0.29, 0.717) is 0 Å². The minimum absolute atomic E-state index is 0.933. The fraction of sp³-hybridized carbons (Fsp3) is 0. The highest BCUT2D eigenvalue weighted by Crippen LogP contribution is 2.05. The van der Waals surface area contributed by atoms with E-state index >= 15 is 0 Å². The number of fused-ring (bicyclic) bond motifs is 1. The highest BCUT2D eigenvalue weighted by atomic mass is 15.2. The molecule has 0 unspecified atom stereocenters. The van der Waals surface area contributed by atoms with Crippen molar-refractivity contribution in [2.75, 3.05) is 0 Å². The molecule has 3 heteroatoms. The van der Waals surface area contributed by atoms with E-state index in [1.54, 1.807) is 23.2 Å². The van der Waals surface area contributed by atoms with Crippen LogP contribution < -0.4 is 0 Å². The van der Waals surface area contributed by atoms with Gasteiger partial charge in [0.1, 0.15) is 6.33 Å². The second-order valence-electron chi connectivity index (χ2n) is 2.08. The normalized spacial score (nSPS) is 10.5. The predicted octanol–water partition coefficient (Wildman–Crippen LogP) is 0.911. The van der Waals surface area contributed by atoms with Gasteiger partial charge in [0.25, 0.3) is 0 Å². The van der Waals surface area contributed by atoms with Gasteiger partial charge in [0, 0.05) is 6.20 Å². The Morgan fingerprint density at radius 3 is 3.20 bits per heavy atom. The van der Waals surface area contributed by atoms with Gasteiger partial charge < -0.3 is 0 Å². The Kier molecular flexibility index (Phi) is 0.974. The van der Waals surface area contributed by atoms with Crippen molar-refractivity contribution >= 4 is 5.52 Å². The lowest BCUT2D eigenvalue weighted by Crippen LogP contribution is -1.85. The average molecular weight is 132 g/mol. The lowest BCUT2D eigenvalue weighted by atomic mass is 10.3. The summed E-state index contributed by atoms with van der Waals surface area (Å²) in [5.74, 6) is 0. The predicted molar refractivity (Wildman–Crippen MR) is 37.4 cm³/mol. The molecule has 10 heavy (non-hydrogen) atoms. The molecule has 0 aromatic carbocycles. The number of nitrogens with zero attached hydrogens (tertiary/aromatic N) is 3. The van der Waals surface area contributed by atoms with E-state index in [1.165, 1.54) is 0 Å². The molecule has 0 aliphatic carbocycles. The number of hydrogen-bond donors (Lipinski definition) is 0. The van der Waals surface area contributed by atoms with Crippen LogP contribution in [0.15, 0.2) is 24.8 Å². The molecule has 0 N–H and O–H groups in total. The maximum absolute atomic E-state index is 4.01. The zero-order valence-electron chi connectivity index (χ0n) is 5.36. The Bertz CT molecular complexity index is 350. The third-order valence-electron chi connectivity index (χ3n) is 1.41. The molecule has 0 amide bonds. The third-order valence-corrected chi connectivity index (χ3v) is 1.41. The van der Waals surface area contributed by atoms with Crippen molar-refractivity contribution in [3.63, 3.8) is 0 Å². The van der Waals surface area contributed by atoms with Gasteiger partial charge in [-0.1, -0.05) is 0 Å². The molecule has 0 saturated carbocycles. The van der Waals surface area contributed by atoms with Crippen molar-refractivity contribution in [1.82, 2.24) is 14.6 Å². The summed E-state index contributed by atoms with van der Waals surface area (Å²) >= 11 is 0. The zero-order valence-corrected chi connectivity index (χ0v) is 5.36. The summed E-state index contributed by atoms with van der Waals surface area (Å²) in [5, 5.41) is 4.01. The standard InChI is InChI=1S/C7H6N3/c1-6-4-9-10-5-8-3-2-7(6)10/h2-5H,1H2. The summed E-state index contributed by atoms with van der Waals surface area (Å²) in [5.41, 5.74) is 1.94. The molecule has 0 atom stereocenters. The summed E-state index contributed by atoms with van der Waals surface area (Å²) < 4.78 is 1.70. The zero-order chi connectivity index (χ0) is 6.97. The second-order valence-corrected chi connectivity index (χ2v) is 2.08. The van der Waals surface area contributed by atoms with Gasteiger partial charge in [-0.3, -0.25) is 0 Å². The first-order valence-corrected chi connectivity index (χ1v) is 2.97. The summed E-state index contributed by atoms with van der Waals surface area (Å²) in [6, 6.07) is 1.88. The summed E-state index contributed by atoms with van der Waals surface area (Å²) in [6.45, 7) is 3.80. The van der Waals surface area contributed by atoms with E-state index in [2.05, 4.69) is 17.0 Å². The van der Waals surface area contributed by atoms with Crippen molar-refractivity contribution in [3.8, 4) is 0 Å². The first-order valence-electron chi connectivity index (χ1n) is 2.97. The first kappa shape index (κ1) is 5.41. The van der Waals surface area contributed by atoms with Crippen molar-refractivity contribution in [3.05, 3.63) is 37.3 Å². The largest absolute Gasteiger partial charge is 0.245 e. The Morgan fingerprint density at radius 2 is 2.40 bits per heavy atom. The van der Waals surface area contributed by atoms with Crippen molar-refractivity contribution in [1.29, 1.82) is 0 Å². The highest BCUT2D eigenvalue weighted by Gasteiger charge is 1.94. The molecule has 0 fully saturated rings. The van der Waals surface area contributed by atoms with E-state index in [1.807, 2.05) is 6.07 Å². The SMILES string of the molecule is [CH2]c1cnn2cnccc12. The molecule has 0 aliphatic heterocycles. The maximum Gasteiger partial charge on any atom is 0.117 e. The molecule has 2 rings (SSSR count). The monoisotopic (exact) mass is 132 g/mol. The van der Waals surface area contributed by atoms with Gasteiger partial charge in [0.05, 0.1) is 11.7 Å². The molecule has 0 aliphatic rings. The molecule has 0 spiro atoms. The highest BCUT2D eigenvalue weighted by molar-refractivity contribution is 5.53. The van der Waals surface area contributed by atoms with E-state index < -0.39 is 0 Å². The Morgan fingerprint density at radius 1 is 1.50 bits per heavy atom. The molecule has 1 radical (unpaired) electrons. The molecule has 3 nitrogen and oxygen atoms in total. The number of aromatic nitrogens is 3. The van der Waals surface area contributed by atoms with Crippen molar-refractivity contribution in [2.45, 2.75) is 0 Å². The van der Waals surface area contributed by atoms with Gasteiger partial charge in [0.15, 0.2) is 0 Å². The third kappa shape index (κ3) is 0.603. The van der Waals surface area contributed by atoms with E-state index in [9.17, 15) is 0 Å². The lowest BCUT2D eigenvalue weighted by Gasteiger charge is -1.88. The number of rotatable bonds is 0. The van der Waals surface area contributed by atoms with Gasteiger partial charge in [0.2, 0.25) is 0 Å². The van der Waals surface area contributed by atoms with Gasteiger partial charge in [-0.25, -0.2) is 9.50 Å². The van der Waals surface area contributed by atoms with Crippen LogP contribution in [-0.2, 0) is 0 Å². The van der Waals surface area contributed by atoms with Crippen LogP contribution in [0.3, 0.4) is 0 Å². The smallest absolute Gasteiger partial charge is 0.117 e. The van der Waals surface area contributed by atoms with Crippen LogP contribution >= 0.6 is 0 Å². The molecule has 2 heterocycles. The topological polar surface area (TPSA) is 30.2 Å². The molecule has 0 saturated heterocycles. The Balaban J connectivity index is 2.93. The van der Waals surface area contributed by atoms with Gasteiger partial charge >= 0.3 is 0 Å². The molecular formula is C7H6N3. The van der Waals surface area contributed by atoms with Crippen LogP contribution in [0.4, 0.5) is 0 Å². The van der Waals surface area contributed by atoms with Crippen LogP contribution in [0.1, 0.15) is 5.56 Å². The molecule has 2 aromatic heterocycles. The minimum atomic E-state index is 0.933. The van der Waals surface area contributed by atoms with Crippen LogP contribution in [-0.4, -0.2) is 14.6 Å². The van der Waals surface area contributed by atoms with Gasteiger partial charge in [-0.15, -0.1) is 0 Å². The lowest BCUT2D eigenvalue weighted by molar-refractivity contribution is 0.921. The Labute approximate surface area is 58.3 Å². The number of hydrogen-bond acceptors (Lipinski definition) is 2. The van der Waals surface area contributed by atoms with Crippen LogP contribution in [0.25, 0.3) is 5.52 Å². The second kappa shape index (κ2) is 1.80. The van der Waals surface area contributed by atoms with E-state index in [4.69, 9.17) is 0 Å². The van der Waals surface area contributed by atoms with E-state index in [0.717, 1.165) is 11.1 Å². The molecule has 0 bridgehead atoms. The first-order chi connectivity index (χ1) is 4.88.